The summed E-state index contributed by atoms with van der Waals surface area (Å²) in [7, 11) is 0. The minimum absolute atomic E-state index is 0.281. The molecule has 0 saturated heterocycles. The van der Waals surface area contributed by atoms with Gasteiger partial charge in [-0.3, -0.25) is 0 Å². The predicted octanol–water partition coefficient (Wildman–Crippen LogP) is 7.91. The van der Waals surface area contributed by atoms with Gasteiger partial charge in [0, 0.05) is 0 Å². The third-order valence-electron chi connectivity index (χ3n) is 4.57. The number of benzene rings is 3. The lowest BCUT2D eigenvalue weighted by Gasteiger charge is -2.07. The minimum Gasteiger partial charge on any atom is -0.423 e. The van der Waals surface area contributed by atoms with Crippen molar-refractivity contribution >= 4 is 11.9 Å². The number of hydrogen-bond acceptors (Lipinski definition) is 4. The van der Waals surface area contributed by atoms with Crippen LogP contribution in [0.3, 0.4) is 0 Å². The van der Waals surface area contributed by atoms with Crippen LogP contribution in [0.4, 0.5) is 0 Å². The van der Waals surface area contributed by atoms with Crippen LogP contribution < -0.4 is 9.47 Å². The van der Waals surface area contributed by atoms with Gasteiger partial charge in [0.05, 0.1) is 11.1 Å². The van der Waals surface area contributed by atoms with Crippen molar-refractivity contribution in [1.29, 1.82) is 0 Å². The van der Waals surface area contributed by atoms with Gasteiger partial charge in [-0.1, -0.05) is 79.6 Å². The second kappa shape index (κ2) is 15.0. The first-order valence-electron chi connectivity index (χ1n) is 11.3. The summed E-state index contributed by atoms with van der Waals surface area (Å²) in [6.45, 7) is 15.5. The van der Waals surface area contributed by atoms with Crippen molar-refractivity contribution in [3.63, 3.8) is 0 Å². The van der Waals surface area contributed by atoms with Crippen molar-refractivity contribution in [2.45, 2.75) is 41.5 Å². The van der Waals surface area contributed by atoms with Gasteiger partial charge in [-0.2, -0.15) is 0 Å². The number of allylic oxidation sites excluding steroid dienone is 3. The zero-order valence-electron chi connectivity index (χ0n) is 20.9. The molecule has 0 aromatic heterocycles. The van der Waals surface area contributed by atoms with E-state index >= 15 is 0 Å². The second-order valence-corrected chi connectivity index (χ2v) is 7.22. The summed E-state index contributed by atoms with van der Waals surface area (Å²) in [5.74, 6) is -0.154. The van der Waals surface area contributed by atoms with E-state index in [9.17, 15) is 9.59 Å². The Labute approximate surface area is 203 Å². The van der Waals surface area contributed by atoms with Crippen LogP contribution in [0.2, 0.25) is 0 Å². The molecule has 0 spiro atoms. The first-order valence-corrected chi connectivity index (χ1v) is 11.3. The first-order chi connectivity index (χ1) is 16.3. The number of rotatable bonds is 5. The van der Waals surface area contributed by atoms with E-state index in [-0.39, 0.29) is 11.1 Å². The van der Waals surface area contributed by atoms with Gasteiger partial charge in [-0.25, -0.2) is 9.59 Å². The maximum Gasteiger partial charge on any atom is 0.343 e. The summed E-state index contributed by atoms with van der Waals surface area (Å²) >= 11 is 0. The van der Waals surface area contributed by atoms with E-state index in [0.717, 1.165) is 11.1 Å². The third-order valence-corrected chi connectivity index (χ3v) is 4.57. The van der Waals surface area contributed by atoms with Crippen LogP contribution in [-0.2, 0) is 0 Å². The molecule has 178 valence electrons. The largest absolute Gasteiger partial charge is 0.423 e. The number of carbonyl (C=O) groups excluding carboxylic acids is 2. The van der Waals surface area contributed by atoms with Gasteiger partial charge >= 0.3 is 11.9 Å². The van der Waals surface area contributed by atoms with Gasteiger partial charge in [-0.05, 0) is 70.2 Å². The molecule has 0 aliphatic carbocycles. The maximum atomic E-state index is 12.3. The lowest BCUT2D eigenvalue weighted by atomic mass is 10.1. The Kier molecular flexibility index (Phi) is 12.4. The highest BCUT2D eigenvalue weighted by Gasteiger charge is 2.14. The van der Waals surface area contributed by atoms with Crippen LogP contribution in [0, 0.1) is 13.8 Å². The highest BCUT2D eigenvalue weighted by atomic mass is 16.5. The molecule has 3 rings (SSSR count). The fraction of sp³-hybridized carbons (Fsp3) is 0.200. The lowest BCUT2D eigenvalue weighted by Crippen LogP contribution is -2.12. The molecule has 0 aliphatic heterocycles. The number of esters is 2. The van der Waals surface area contributed by atoms with Gasteiger partial charge in [0.25, 0.3) is 0 Å². The van der Waals surface area contributed by atoms with E-state index in [1.54, 1.807) is 42.5 Å². The monoisotopic (exact) mass is 458 g/mol. The standard InChI is InChI=1S/C22H18O4.C6H10.C2H6/c1-15-6-10-19(11-7-15)25-21(23)17-4-3-5-18(14-17)22(24)26-20-12-8-16(2)9-13-20;1-4-6(3)5-2;1-2/h3-14H,1-2H3;4-5H,1H2,2-3H3;1-2H3/b;6-5-;. The van der Waals surface area contributed by atoms with Crippen LogP contribution in [0.15, 0.2) is 97.1 Å². The molecule has 0 N–H and O–H groups in total. The smallest absolute Gasteiger partial charge is 0.343 e. The average molecular weight is 459 g/mol. The zero-order chi connectivity index (χ0) is 25.5. The van der Waals surface area contributed by atoms with E-state index in [2.05, 4.69) is 6.58 Å². The number of aryl methyl sites for hydroxylation is 2. The van der Waals surface area contributed by atoms with Crippen molar-refractivity contribution in [3.8, 4) is 11.5 Å². The van der Waals surface area contributed by atoms with Gasteiger partial charge in [0.1, 0.15) is 11.5 Å². The molecule has 0 saturated carbocycles. The molecule has 0 atom stereocenters. The van der Waals surface area contributed by atoms with Crippen LogP contribution in [0.25, 0.3) is 0 Å². The van der Waals surface area contributed by atoms with Gasteiger partial charge in [0.2, 0.25) is 0 Å². The average Bonchev–Trinajstić information content (AvgIpc) is 2.88. The van der Waals surface area contributed by atoms with Crippen molar-refractivity contribution < 1.29 is 19.1 Å². The van der Waals surface area contributed by atoms with Crippen LogP contribution in [0.5, 0.6) is 11.5 Å². The van der Waals surface area contributed by atoms with Gasteiger partial charge in [0.15, 0.2) is 0 Å². The van der Waals surface area contributed by atoms with Crippen LogP contribution in [0.1, 0.15) is 59.5 Å². The molecular weight excluding hydrogens is 424 g/mol. The summed E-state index contributed by atoms with van der Waals surface area (Å²) in [6, 6.07) is 20.6. The minimum atomic E-state index is -0.529. The SMILES string of the molecule is C=C/C(C)=C\C.CC.Cc1ccc(OC(=O)c2cccc(C(=O)Oc3ccc(C)cc3)c2)cc1. The molecule has 4 nitrogen and oxygen atoms in total. The molecule has 0 heterocycles. The van der Waals surface area contributed by atoms with Gasteiger partial charge in [-0.15, -0.1) is 0 Å². The van der Waals surface area contributed by atoms with Gasteiger partial charge < -0.3 is 9.47 Å². The Morgan fingerprint density at radius 2 is 1.12 bits per heavy atom. The quantitative estimate of drug-likeness (QED) is 0.221. The van der Waals surface area contributed by atoms with E-state index < -0.39 is 11.9 Å². The number of carbonyl (C=O) groups is 2. The van der Waals surface area contributed by atoms with E-state index in [4.69, 9.17) is 9.47 Å². The van der Waals surface area contributed by atoms with Crippen LogP contribution in [-0.4, -0.2) is 11.9 Å². The molecule has 0 aliphatic rings. The Bertz CT molecular complexity index is 1020. The number of hydrogen-bond donors (Lipinski definition) is 0. The molecule has 4 heteroatoms. The fourth-order valence-corrected chi connectivity index (χ4v) is 2.44. The van der Waals surface area contributed by atoms with Crippen molar-refractivity contribution in [2.75, 3.05) is 0 Å². The normalized spacial score (nSPS) is 10.0. The Hall–Kier alpha value is -3.92. The Balaban J connectivity index is 0.000000631. The summed E-state index contributed by atoms with van der Waals surface area (Å²) in [4.78, 5) is 24.6. The summed E-state index contributed by atoms with van der Waals surface area (Å²) in [5.41, 5.74) is 3.94. The summed E-state index contributed by atoms with van der Waals surface area (Å²) < 4.78 is 10.7. The van der Waals surface area contributed by atoms with E-state index in [1.165, 1.54) is 11.6 Å². The third kappa shape index (κ3) is 9.70. The first kappa shape index (κ1) is 28.1. The van der Waals surface area contributed by atoms with Crippen molar-refractivity contribution in [1.82, 2.24) is 0 Å². The fourth-order valence-electron chi connectivity index (χ4n) is 2.44. The van der Waals surface area contributed by atoms with Crippen molar-refractivity contribution in [2.24, 2.45) is 0 Å². The molecule has 34 heavy (non-hydrogen) atoms. The molecule has 0 amide bonds. The maximum absolute atomic E-state index is 12.3. The summed E-state index contributed by atoms with van der Waals surface area (Å²) in [5, 5.41) is 0. The molecule has 0 bridgehead atoms. The van der Waals surface area contributed by atoms with E-state index in [0.29, 0.717) is 11.5 Å². The molecule has 3 aromatic rings. The summed E-state index contributed by atoms with van der Waals surface area (Å²) in [6.07, 6.45) is 3.85. The van der Waals surface area contributed by atoms with Crippen molar-refractivity contribution in [3.05, 3.63) is 119 Å². The number of ether oxygens (including phenoxy) is 2. The zero-order valence-corrected chi connectivity index (χ0v) is 20.9. The molecule has 3 aromatic carbocycles. The molecule has 0 fully saturated rings. The van der Waals surface area contributed by atoms with E-state index in [1.807, 2.05) is 78.0 Å². The topological polar surface area (TPSA) is 52.6 Å². The van der Waals surface area contributed by atoms with Crippen LogP contribution >= 0.6 is 0 Å². The highest BCUT2D eigenvalue weighted by molar-refractivity contribution is 5.96. The molecular formula is C30H34O4. The highest BCUT2D eigenvalue weighted by Crippen LogP contribution is 2.17. The second-order valence-electron chi connectivity index (χ2n) is 7.22. The Morgan fingerprint density at radius 3 is 1.41 bits per heavy atom. The lowest BCUT2D eigenvalue weighted by molar-refractivity contribution is 0.0734. The molecule has 0 unspecified atom stereocenters. The predicted molar refractivity (Wildman–Crippen MR) is 140 cm³/mol. The molecule has 0 radical (unpaired) electrons. The Morgan fingerprint density at radius 1 is 0.735 bits per heavy atom.